The van der Waals surface area contributed by atoms with Crippen molar-refractivity contribution in [3.05, 3.63) is 42.0 Å². The van der Waals surface area contributed by atoms with Crippen molar-refractivity contribution < 1.29 is 19.1 Å². The Bertz CT molecular complexity index is 853. The predicted octanol–water partition coefficient (Wildman–Crippen LogP) is 3.51. The molecule has 2 amide bonds. The van der Waals surface area contributed by atoms with E-state index in [1.54, 1.807) is 12.1 Å². The summed E-state index contributed by atoms with van der Waals surface area (Å²) in [5.41, 5.74) is 0.276. The molecule has 0 fully saturated rings. The van der Waals surface area contributed by atoms with Crippen LogP contribution in [-0.2, 0) is 14.3 Å². The summed E-state index contributed by atoms with van der Waals surface area (Å²) >= 11 is 0. The first-order valence-electron chi connectivity index (χ1n) is 8.91. The van der Waals surface area contributed by atoms with Crippen molar-refractivity contribution in [1.82, 2.24) is 5.32 Å². The van der Waals surface area contributed by atoms with Crippen LogP contribution >= 0.6 is 0 Å². The minimum Gasteiger partial charge on any atom is -0.465 e. The molecular formula is C21H26N2O4. The predicted molar refractivity (Wildman–Crippen MR) is 106 cm³/mol. The molecule has 2 aromatic carbocycles. The zero-order valence-corrected chi connectivity index (χ0v) is 16.2. The SMILES string of the molecule is COC(=O)c1cc2ccccc2cc1NC(=O)CCCNC(=O)C(C)(C)C. The summed E-state index contributed by atoms with van der Waals surface area (Å²) in [4.78, 5) is 36.2. The fourth-order valence-corrected chi connectivity index (χ4v) is 2.55. The molecule has 2 aromatic rings. The summed E-state index contributed by atoms with van der Waals surface area (Å²) in [6.45, 7) is 5.93. The number of anilines is 1. The first-order chi connectivity index (χ1) is 12.7. The average molecular weight is 370 g/mol. The third-order valence-electron chi connectivity index (χ3n) is 4.11. The largest absolute Gasteiger partial charge is 0.465 e. The van der Waals surface area contributed by atoms with Gasteiger partial charge >= 0.3 is 5.97 Å². The molecule has 2 N–H and O–H groups in total. The Kier molecular flexibility index (Phi) is 6.55. The second-order valence-corrected chi connectivity index (χ2v) is 7.39. The van der Waals surface area contributed by atoms with E-state index in [1.807, 2.05) is 45.0 Å². The van der Waals surface area contributed by atoms with Crippen molar-refractivity contribution >= 4 is 34.2 Å². The van der Waals surface area contributed by atoms with Crippen molar-refractivity contribution in [3.8, 4) is 0 Å². The van der Waals surface area contributed by atoms with Gasteiger partial charge in [0.05, 0.1) is 18.4 Å². The molecule has 0 aliphatic carbocycles. The number of esters is 1. The molecule has 6 nitrogen and oxygen atoms in total. The number of benzene rings is 2. The number of carbonyl (C=O) groups is 3. The number of nitrogens with one attached hydrogen (secondary N) is 2. The molecule has 0 heterocycles. The van der Waals surface area contributed by atoms with Crippen LogP contribution in [0.3, 0.4) is 0 Å². The van der Waals surface area contributed by atoms with Gasteiger partial charge in [-0.2, -0.15) is 0 Å². The van der Waals surface area contributed by atoms with Gasteiger partial charge in [-0.3, -0.25) is 9.59 Å². The first-order valence-corrected chi connectivity index (χ1v) is 8.91. The number of hydrogen-bond donors (Lipinski definition) is 2. The van der Waals surface area contributed by atoms with Crippen LogP contribution in [0.4, 0.5) is 5.69 Å². The molecule has 0 aromatic heterocycles. The number of ether oxygens (including phenoxy) is 1. The van der Waals surface area contributed by atoms with Gasteiger partial charge in [-0.15, -0.1) is 0 Å². The van der Waals surface area contributed by atoms with Crippen molar-refractivity contribution in [1.29, 1.82) is 0 Å². The molecule has 0 saturated heterocycles. The monoisotopic (exact) mass is 370 g/mol. The summed E-state index contributed by atoms with van der Waals surface area (Å²) in [5, 5.41) is 7.40. The second-order valence-electron chi connectivity index (χ2n) is 7.39. The molecule has 6 heteroatoms. The lowest BCUT2D eigenvalue weighted by molar-refractivity contribution is -0.128. The van der Waals surface area contributed by atoms with Gasteiger partial charge in [0.15, 0.2) is 0 Å². The number of carbonyl (C=O) groups excluding carboxylic acids is 3. The van der Waals surface area contributed by atoms with Gasteiger partial charge in [0.2, 0.25) is 11.8 Å². The highest BCUT2D eigenvalue weighted by atomic mass is 16.5. The molecule has 0 bridgehead atoms. The topological polar surface area (TPSA) is 84.5 Å². The molecule has 0 radical (unpaired) electrons. The maximum Gasteiger partial charge on any atom is 0.339 e. The van der Waals surface area contributed by atoms with Crippen LogP contribution in [-0.4, -0.2) is 31.4 Å². The van der Waals surface area contributed by atoms with Gasteiger partial charge in [0.25, 0.3) is 0 Å². The third-order valence-corrected chi connectivity index (χ3v) is 4.11. The first kappa shape index (κ1) is 20.4. The van der Waals surface area contributed by atoms with E-state index in [4.69, 9.17) is 4.74 Å². The van der Waals surface area contributed by atoms with Crippen molar-refractivity contribution in [2.75, 3.05) is 19.0 Å². The van der Waals surface area contributed by atoms with E-state index in [0.717, 1.165) is 10.8 Å². The maximum atomic E-state index is 12.3. The van der Waals surface area contributed by atoms with Gasteiger partial charge in [0, 0.05) is 18.4 Å². The van der Waals surface area contributed by atoms with E-state index in [9.17, 15) is 14.4 Å². The smallest absolute Gasteiger partial charge is 0.339 e. The average Bonchev–Trinajstić information content (AvgIpc) is 2.63. The van der Waals surface area contributed by atoms with Gasteiger partial charge in [-0.25, -0.2) is 4.79 Å². The minimum absolute atomic E-state index is 0.0505. The summed E-state index contributed by atoms with van der Waals surface area (Å²) in [7, 11) is 1.31. The van der Waals surface area contributed by atoms with Crippen LogP contribution in [0, 0.1) is 5.41 Å². The summed E-state index contributed by atoms with van der Waals surface area (Å²) in [6.07, 6.45) is 0.743. The molecule has 0 aliphatic rings. The van der Waals surface area contributed by atoms with E-state index in [1.165, 1.54) is 7.11 Å². The fourth-order valence-electron chi connectivity index (χ4n) is 2.55. The molecular weight excluding hydrogens is 344 g/mol. The van der Waals surface area contributed by atoms with Gasteiger partial charge in [0.1, 0.15) is 0 Å². The van der Waals surface area contributed by atoms with E-state index >= 15 is 0 Å². The van der Waals surface area contributed by atoms with Crippen LogP contribution in [0.15, 0.2) is 36.4 Å². The molecule has 0 aliphatic heterocycles. The Hall–Kier alpha value is -2.89. The highest BCUT2D eigenvalue weighted by Crippen LogP contribution is 2.25. The molecule has 0 spiro atoms. The van der Waals surface area contributed by atoms with Crippen LogP contribution in [0.5, 0.6) is 0 Å². The Labute approximate surface area is 159 Å². The standard InChI is InChI=1S/C21H26N2O4/c1-21(2,3)20(26)22-11-7-10-18(24)23-17-13-15-9-6-5-8-14(15)12-16(17)19(25)27-4/h5-6,8-9,12-13H,7,10-11H2,1-4H3,(H,22,26)(H,23,24). The van der Waals surface area contributed by atoms with Gasteiger partial charge in [-0.1, -0.05) is 45.0 Å². The minimum atomic E-state index is -0.506. The van der Waals surface area contributed by atoms with E-state index in [2.05, 4.69) is 10.6 Å². The Balaban J connectivity index is 2.03. The van der Waals surface area contributed by atoms with Crippen molar-refractivity contribution in [2.24, 2.45) is 5.41 Å². The maximum absolute atomic E-state index is 12.3. The normalized spacial score (nSPS) is 11.1. The quantitative estimate of drug-likeness (QED) is 0.602. The molecule has 144 valence electrons. The Morgan fingerprint density at radius 2 is 1.67 bits per heavy atom. The molecule has 0 saturated carbocycles. The van der Waals surface area contributed by atoms with Crippen molar-refractivity contribution in [2.45, 2.75) is 33.6 Å². The van der Waals surface area contributed by atoms with Crippen LogP contribution in [0.2, 0.25) is 0 Å². The Morgan fingerprint density at radius 3 is 2.26 bits per heavy atom. The lowest BCUT2D eigenvalue weighted by Gasteiger charge is -2.17. The fraction of sp³-hybridized carbons (Fsp3) is 0.381. The Morgan fingerprint density at radius 1 is 1.04 bits per heavy atom. The van der Waals surface area contributed by atoms with Crippen LogP contribution in [0.25, 0.3) is 10.8 Å². The molecule has 27 heavy (non-hydrogen) atoms. The zero-order valence-electron chi connectivity index (χ0n) is 16.2. The summed E-state index contributed by atoms with van der Waals surface area (Å²) in [6, 6.07) is 11.1. The number of rotatable bonds is 6. The molecule has 2 rings (SSSR count). The highest BCUT2D eigenvalue weighted by Gasteiger charge is 2.20. The summed E-state index contributed by atoms with van der Waals surface area (Å²) < 4.78 is 4.83. The zero-order chi connectivity index (χ0) is 20.0. The van der Waals surface area contributed by atoms with Crippen LogP contribution < -0.4 is 10.6 Å². The van der Waals surface area contributed by atoms with Gasteiger partial charge in [-0.05, 0) is 29.3 Å². The lowest BCUT2D eigenvalue weighted by Crippen LogP contribution is -2.35. The number of methoxy groups -OCH3 is 1. The lowest BCUT2D eigenvalue weighted by atomic mass is 9.96. The number of hydrogen-bond acceptors (Lipinski definition) is 4. The van der Waals surface area contributed by atoms with Gasteiger partial charge < -0.3 is 15.4 Å². The second kappa shape index (κ2) is 8.66. The van der Waals surface area contributed by atoms with E-state index in [0.29, 0.717) is 24.2 Å². The van der Waals surface area contributed by atoms with Crippen LogP contribution in [0.1, 0.15) is 44.0 Å². The number of fused-ring (bicyclic) bond motifs is 1. The van der Waals surface area contributed by atoms with Crippen molar-refractivity contribution in [3.63, 3.8) is 0 Å². The highest BCUT2D eigenvalue weighted by molar-refractivity contribution is 6.05. The summed E-state index contributed by atoms with van der Waals surface area (Å²) in [5.74, 6) is -0.778. The molecule has 0 atom stereocenters. The van der Waals surface area contributed by atoms with E-state index in [-0.39, 0.29) is 18.2 Å². The number of amides is 2. The third kappa shape index (κ3) is 5.54. The van der Waals surface area contributed by atoms with E-state index < -0.39 is 11.4 Å². The molecule has 0 unspecified atom stereocenters.